The lowest BCUT2D eigenvalue weighted by atomic mass is 10.00. The monoisotopic (exact) mass is 279 g/mol. The van der Waals surface area contributed by atoms with Gasteiger partial charge in [-0.15, -0.1) is 0 Å². The Kier molecular flexibility index (Phi) is 3.63. The molecule has 2 fully saturated rings. The average molecular weight is 279 g/mol. The molecule has 3 nitrogen and oxygen atoms in total. The minimum absolute atomic E-state index is 0.134. The molecule has 1 unspecified atom stereocenters. The number of hydrogen-bond donors (Lipinski definition) is 1. The van der Waals surface area contributed by atoms with Gasteiger partial charge < -0.3 is 5.32 Å². The molecule has 4 heteroatoms. The first-order valence-electron chi connectivity index (χ1n) is 7.23. The van der Waals surface area contributed by atoms with Gasteiger partial charge in [0.25, 0.3) is 0 Å². The van der Waals surface area contributed by atoms with Crippen molar-refractivity contribution in [3.63, 3.8) is 0 Å². The van der Waals surface area contributed by atoms with Crippen LogP contribution in [0.1, 0.15) is 37.7 Å². The predicted molar refractivity (Wildman–Crippen MR) is 76.0 cm³/mol. The van der Waals surface area contributed by atoms with Gasteiger partial charge in [-0.25, -0.2) is 8.42 Å². The number of benzene rings is 1. The molecule has 1 heterocycles. The maximum absolute atomic E-state index is 12.6. The van der Waals surface area contributed by atoms with Crippen molar-refractivity contribution in [3.05, 3.63) is 29.8 Å². The zero-order valence-corrected chi connectivity index (χ0v) is 12.0. The summed E-state index contributed by atoms with van der Waals surface area (Å²) >= 11 is 0. The van der Waals surface area contributed by atoms with Crippen LogP contribution in [0.2, 0.25) is 0 Å². The van der Waals surface area contributed by atoms with Gasteiger partial charge >= 0.3 is 0 Å². The Labute approximate surface area is 115 Å². The van der Waals surface area contributed by atoms with Gasteiger partial charge in [0.15, 0.2) is 9.84 Å². The van der Waals surface area contributed by atoms with Crippen molar-refractivity contribution in [2.75, 3.05) is 6.54 Å². The highest BCUT2D eigenvalue weighted by atomic mass is 32.2. The van der Waals surface area contributed by atoms with Gasteiger partial charge in [-0.05, 0) is 50.3 Å². The first kappa shape index (κ1) is 13.1. The lowest BCUT2D eigenvalue weighted by Crippen LogP contribution is -2.30. The van der Waals surface area contributed by atoms with E-state index < -0.39 is 9.84 Å². The normalized spacial score (nSPS) is 24.3. The second-order valence-electron chi connectivity index (χ2n) is 5.70. The zero-order chi connectivity index (χ0) is 13.3. The van der Waals surface area contributed by atoms with E-state index in [1.54, 1.807) is 6.07 Å². The maximum Gasteiger partial charge on any atom is 0.181 e. The van der Waals surface area contributed by atoms with E-state index >= 15 is 0 Å². The largest absolute Gasteiger partial charge is 0.314 e. The molecule has 1 N–H and O–H groups in total. The van der Waals surface area contributed by atoms with E-state index in [1.165, 1.54) is 6.42 Å². The van der Waals surface area contributed by atoms with E-state index in [-0.39, 0.29) is 5.25 Å². The third-order valence-corrected chi connectivity index (χ3v) is 6.76. The molecule has 0 radical (unpaired) electrons. The van der Waals surface area contributed by atoms with E-state index in [0.717, 1.165) is 44.2 Å². The van der Waals surface area contributed by atoms with Crippen LogP contribution in [0.5, 0.6) is 0 Å². The fourth-order valence-electron chi connectivity index (χ4n) is 3.01. The number of hydrogen-bond acceptors (Lipinski definition) is 3. The predicted octanol–water partition coefficient (Wildman–Crippen LogP) is 2.31. The molecule has 0 bridgehead atoms. The Balaban J connectivity index is 1.88. The smallest absolute Gasteiger partial charge is 0.181 e. The first-order chi connectivity index (χ1) is 9.18. The molecular weight excluding hydrogens is 258 g/mol. The molecule has 1 aliphatic carbocycles. The van der Waals surface area contributed by atoms with Crippen molar-refractivity contribution in [3.8, 4) is 0 Å². The Hall–Kier alpha value is -0.870. The number of sulfone groups is 1. The molecule has 1 aromatic carbocycles. The van der Waals surface area contributed by atoms with Gasteiger partial charge in [-0.1, -0.05) is 24.6 Å². The lowest BCUT2D eigenvalue weighted by Gasteiger charge is -2.26. The minimum atomic E-state index is -3.10. The first-order valence-corrected chi connectivity index (χ1v) is 8.78. The van der Waals surface area contributed by atoms with Crippen LogP contribution in [0.4, 0.5) is 0 Å². The van der Waals surface area contributed by atoms with Crippen molar-refractivity contribution in [2.24, 2.45) is 0 Å². The van der Waals surface area contributed by atoms with Crippen LogP contribution in [0, 0.1) is 0 Å². The van der Waals surface area contributed by atoms with Crippen molar-refractivity contribution < 1.29 is 8.42 Å². The molecule has 0 spiro atoms. The topological polar surface area (TPSA) is 46.2 Å². The molecule has 1 aromatic rings. The Bertz CT molecular complexity index is 543. The fraction of sp³-hybridized carbons (Fsp3) is 0.600. The summed E-state index contributed by atoms with van der Waals surface area (Å²) in [5.74, 6) is 0. The summed E-state index contributed by atoms with van der Waals surface area (Å²) in [6.07, 6.45) is 5.90. The number of rotatable bonds is 4. The van der Waals surface area contributed by atoms with Crippen LogP contribution in [0.15, 0.2) is 29.2 Å². The molecule has 0 aromatic heterocycles. The lowest BCUT2D eigenvalue weighted by molar-refractivity contribution is 0.475. The van der Waals surface area contributed by atoms with E-state index in [0.29, 0.717) is 10.9 Å². The summed E-state index contributed by atoms with van der Waals surface area (Å²) in [5.41, 5.74) is 0.994. The highest BCUT2D eigenvalue weighted by Crippen LogP contribution is 2.33. The zero-order valence-electron chi connectivity index (χ0n) is 11.1. The molecule has 0 amide bonds. The van der Waals surface area contributed by atoms with Gasteiger partial charge in [0.05, 0.1) is 10.1 Å². The molecule has 104 valence electrons. The molecule has 1 atom stereocenters. The molecular formula is C15H21NO2S. The molecule has 1 aliphatic heterocycles. The van der Waals surface area contributed by atoms with Gasteiger partial charge in [0.2, 0.25) is 0 Å². The van der Waals surface area contributed by atoms with Crippen molar-refractivity contribution in [2.45, 2.75) is 54.7 Å². The molecule has 1 saturated heterocycles. The third-order valence-electron chi connectivity index (χ3n) is 4.40. The van der Waals surface area contributed by atoms with E-state index in [1.807, 2.05) is 18.2 Å². The van der Waals surface area contributed by atoms with Gasteiger partial charge in [0.1, 0.15) is 0 Å². The Morgan fingerprint density at radius 2 is 1.89 bits per heavy atom. The van der Waals surface area contributed by atoms with Crippen molar-refractivity contribution in [1.29, 1.82) is 0 Å². The van der Waals surface area contributed by atoms with Crippen LogP contribution < -0.4 is 5.32 Å². The quantitative estimate of drug-likeness (QED) is 0.920. The van der Waals surface area contributed by atoms with Gasteiger partial charge in [0, 0.05) is 6.04 Å². The van der Waals surface area contributed by atoms with Crippen LogP contribution in [-0.4, -0.2) is 26.3 Å². The van der Waals surface area contributed by atoms with E-state index in [2.05, 4.69) is 5.32 Å². The molecule has 19 heavy (non-hydrogen) atoms. The Morgan fingerprint density at radius 3 is 2.53 bits per heavy atom. The summed E-state index contributed by atoms with van der Waals surface area (Å²) in [6, 6.07) is 8.00. The SMILES string of the molecule is O=S(=O)(c1ccccc1CC1CCCN1)C1CCC1. The highest BCUT2D eigenvalue weighted by molar-refractivity contribution is 7.92. The van der Waals surface area contributed by atoms with E-state index in [9.17, 15) is 8.42 Å². The minimum Gasteiger partial charge on any atom is -0.314 e. The van der Waals surface area contributed by atoms with Gasteiger partial charge in [-0.2, -0.15) is 0 Å². The standard InChI is InChI=1S/C15H21NO2S/c17-19(18,14-7-3-8-14)15-9-2-1-5-12(15)11-13-6-4-10-16-13/h1-2,5,9,13-14,16H,3-4,6-8,10-11H2. The van der Waals surface area contributed by atoms with Crippen LogP contribution >= 0.6 is 0 Å². The van der Waals surface area contributed by atoms with Crippen LogP contribution in [0.25, 0.3) is 0 Å². The summed E-state index contributed by atoms with van der Waals surface area (Å²) in [5, 5.41) is 3.31. The molecule has 3 rings (SSSR count). The Morgan fingerprint density at radius 1 is 1.11 bits per heavy atom. The summed E-state index contributed by atoms with van der Waals surface area (Å²) < 4.78 is 25.2. The molecule has 1 saturated carbocycles. The summed E-state index contributed by atoms with van der Waals surface area (Å²) in [4.78, 5) is 0.577. The second-order valence-corrected chi connectivity index (χ2v) is 7.90. The maximum atomic E-state index is 12.6. The van der Waals surface area contributed by atoms with Crippen molar-refractivity contribution >= 4 is 9.84 Å². The van der Waals surface area contributed by atoms with Crippen molar-refractivity contribution in [1.82, 2.24) is 5.32 Å². The fourth-order valence-corrected chi connectivity index (χ4v) is 5.11. The molecule has 2 aliphatic rings. The van der Waals surface area contributed by atoms with Gasteiger partial charge in [-0.3, -0.25) is 0 Å². The number of nitrogens with one attached hydrogen (secondary N) is 1. The van der Waals surface area contributed by atoms with Crippen LogP contribution in [0.3, 0.4) is 0 Å². The summed E-state index contributed by atoms with van der Waals surface area (Å²) in [7, 11) is -3.10. The average Bonchev–Trinajstić information content (AvgIpc) is 2.79. The second kappa shape index (κ2) is 5.25. The highest BCUT2D eigenvalue weighted by Gasteiger charge is 2.34. The third kappa shape index (κ3) is 2.56. The summed E-state index contributed by atoms with van der Waals surface area (Å²) in [6.45, 7) is 1.06. The van der Waals surface area contributed by atoms with Crippen LogP contribution in [-0.2, 0) is 16.3 Å². The van der Waals surface area contributed by atoms with E-state index in [4.69, 9.17) is 0 Å².